The molecule has 0 aliphatic carbocycles. The third kappa shape index (κ3) is 5.15. The second-order valence-electron chi connectivity index (χ2n) is 6.96. The van der Waals surface area contributed by atoms with Crippen LogP contribution in [0, 0.1) is 6.92 Å². The zero-order valence-electron chi connectivity index (χ0n) is 17.3. The third-order valence-corrected chi connectivity index (χ3v) is 4.65. The Bertz CT molecular complexity index is 956. The highest BCUT2D eigenvalue weighted by molar-refractivity contribution is 5.60. The molecule has 0 bridgehead atoms. The van der Waals surface area contributed by atoms with Crippen LogP contribution in [0.2, 0.25) is 0 Å². The highest BCUT2D eigenvalue weighted by Crippen LogP contribution is 2.22. The van der Waals surface area contributed by atoms with E-state index < -0.39 is 0 Å². The number of rotatable bonds is 7. The van der Waals surface area contributed by atoms with Crippen LogP contribution >= 0.6 is 0 Å². The van der Waals surface area contributed by atoms with Gasteiger partial charge >= 0.3 is 0 Å². The van der Waals surface area contributed by atoms with Crippen molar-refractivity contribution in [1.82, 2.24) is 15.0 Å². The van der Waals surface area contributed by atoms with E-state index in [-0.39, 0.29) is 0 Å². The van der Waals surface area contributed by atoms with Crippen LogP contribution in [0.3, 0.4) is 0 Å². The van der Waals surface area contributed by atoms with Gasteiger partial charge in [-0.25, -0.2) is 0 Å². The minimum atomic E-state index is 0.477. The maximum absolute atomic E-state index is 5.51. The lowest BCUT2D eigenvalue weighted by Crippen LogP contribution is -2.37. The number of aromatic nitrogens is 3. The van der Waals surface area contributed by atoms with Gasteiger partial charge in [-0.05, 0) is 50.2 Å². The van der Waals surface area contributed by atoms with Gasteiger partial charge in [0, 0.05) is 24.5 Å². The van der Waals surface area contributed by atoms with Gasteiger partial charge in [0.25, 0.3) is 0 Å². The molecule has 1 aromatic heterocycles. The van der Waals surface area contributed by atoms with Crippen molar-refractivity contribution in [2.24, 2.45) is 0 Å². The van der Waals surface area contributed by atoms with E-state index in [9.17, 15) is 0 Å². The minimum Gasteiger partial charge on any atom is -0.494 e. The summed E-state index contributed by atoms with van der Waals surface area (Å²) in [6.07, 6.45) is 0. The smallest absolute Gasteiger partial charge is 0.233 e. The first-order valence-corrected chi connectivity index (χ1v) is 10.1. The van der Waals surface area contributed by atoms with Gasteiger partial charge in [0.15, 0.2) is 0 Å². The summed E-state index contributed by atoms with van der Waals surface area (Å²) in [5.74, 6) is 2.42. The summed E-state index contributed by atoms with van der Waals surface area (Å²) in [7, 11) is 0. The van der Waals surface area contributed by atoms with Crippen LogP contribution in [-0.4, -0.2) is 47.9 Å². The van der Waals surface area contributed by atoms with Crippen LogP contribution in [0.1, 0.15) is 12.5 Å². The molecule has 3 aromatic rings. The molecule has 2 heterocycles. The first-order chi connectivity index (χ1) is 14.7. The first-order valence-electron chi connectivity index (χ1n) is 10.1. The second kappa shape index (κ2) is 9.41. The summed E-state index contributed by atoms with van der Waals surface area (Å²) in [6.45, 7) is 7.47. The minimum absolute atomic E-state index is 0.477. The Morgan fingerprint density at radius 3 is 2.00 bits per heavy atom. The largest absolute Gasteiger partial charge is 0.494 e. The van der Waals surface area contributed by atoms with Crippen molar-refractivity contribution in [2.45, 2.75) is 13.8 Å². The fraction of sp³-hybridized carbons (Fsp3) is 0.318. The number of hydrogen-bond acceptors (Lipinski definition) is 8. The van der Waals surface area contributed by atoms with Gasteiger partial charge in [-0.2, -0.15) is 15.0 Å². The van der Waals surface area contributed by atoms with Crippen LogP contribution in [0.25, 0.3) is 0 Å². The van der Waals surface area contributed by atoms with Crippen molar-refractivity contribution in [3.63, 3.8) is 0 Å². The van der Waals surface area contributed by atoms with E-state index in [2.05, 4.69) is 37.4 Å². The van der Waals surface area contributed by atoms with Crippen molar-refractivity contribution >= 4 is 29.2 Å². The Kier molecular flexibility index (Phi) is 6.24. The molecule has 0 amide bonds. The lowest BCUT2D eigenvalue weighted by atomic mass is 10.2. The van der Waals surface area contributed by atoms with Crippen LogP contribution in [0.5, 0.6) is 5.75 Å². The van der Waals surface area contributed by atoms with Crippen LogP contribution < -0.4 is 20.3 Å². The second-order valence-corrected chi connectivity index (χ2v) is 6.96. The lowest BCUT2D eigenvalue weighted by molar-refractivity contribution is 0.122. The van der Waals surface area contributed by atoms with Gasteiger partial charge in [-0.1, -0.05) is 17.7 Å². The third-order valence-electron chi connectivity index (χ3n) is 4.65. The monoisotopic (exact) mass is 406 g/mol. The summed E-state index contributed by atoms with van der Waals surface area (Å²) < 4.78 is 11.0. The van der Waals surface area contributed by atoms with E-state index >= 15 is 0 Å². The molecule has 4 rings (SSSR count). The van der Waals surface area contributed by atoms with E-state index in [0.29, 0.717) is 37.7 Å². The Labute approximate surface area is 176 Å². The molecule has 0 unspecified atom stereocenters. The van der Waals surface area contributed by atoms with Gasteiger partial charge in [0.2, 0.25) is 17.8 Å². The van der Waals surface area contributed by atoms with E-state index in [1.807, 2.05) is 55.5 Å². The molecular formula is C22H26N6O2. The Balaban J connectivity index is 1.59. The highest BCUT2D eigenvalue weighted by atomic mass is 16.5. The predicted octanol–water partition coefficient (Wildman–Crippen LogP) is 3.90. The van der Waals surface area contributed by atoms with E-state index in [0.717, 1.165) is 30.2 Å². The van der Waals surface area contributed by atoms with Gasteiger partial charge in [-0.3, -0.25) is 0 Å². The zero-order valence-corrected chi connectivity index (χ0v) is 17.3. The summed E-state index contributed by atoms with van der Waals surface area (Å²) in [5, 5.41) is 6.55. The van der Waals surface area contributed by atoms with Gasteiger partial charge < -0.3 is 25.0 Å². The molecule has 8 heteroatoms. The SMILES string of the molecule is CCOc1ccc(Nc2nc(Nc3ccc(C)cc3)nc(N3CCOCC3)n2)cc1. The number of hydrogen-bond donors (Lipinski definition) is 2. The van der Waals surface area contributed by atoms with Gasteiger partial charge in [-0.15, -0.1) is 0 Å². The molecule has 0 atom stereocenters. The molecule has 0 radical (unpaired) electrons. The standard InChI is InChI=1S/C22H26N6O2/c1-3-30-19-10-8-18(9-11-19)24-21-25-20(23-17-6-4-16(2)5-7-17)26-22(27-21)28-12-14-29-15-13-28/h4-11H,3,12-15H2,1-2H3,(H2,23,24,25,26,27). The fourth-order valence-electron chi connectivity index (χ4n) is 3.08. The number of aryl methyl sites for hydroxylation is 1. The topological polar surface area (TPSA) is 84.4 Å². The first kappa shape index (κ1) is 19.9. The Hall–Kier alpha value is -3.39. The fourth-order valence-corrected chi connectivity index (χ4v) is 3.08. The molecule has 2 aromatic carbocycles. The Morgan fingerprint density at radius 1 is 0.867 bits per heavy atom. The number of nitrogens with one attached hydrogen (secondary N) is 2. The highest BCUT2D eigenvalue weighted by Gasteiger charge is 2.17. The molecular weight excluding hydrogens is 380 g/mol. The van der Waals surface area contributed by atoms with Crippen molar-refractivity contribution in [1.29, 1.82) is 0 Å². The quantitative estimate of drug-likeness (QED) is 0.611. The molecule has 0 spiro atoms. The summed E-state index contributed by atoms with van der Waals surface area (Å²) in [4.78, 5) is 15.9. The summed E-state index contributed by atoms with van der Waals surface area (Å²) in [6, 6.07) is 15.8. The van der Waals surface area contributed by atoms with Crippen molar-refractivity contribution in [2.75, 3.05) is 48.4 Å². The van der Waals surface area contributed by atoms with Crippen LogP contribution in [-0.2, 0) is 4.74 Å². The number of nitrogens with zero attached hydrogens (tertiary/aromatic N) is 4. The van der Waals surface area contributed by atoms with Gasteiger partial charge in [0.05, 0.1) is 19.8 Å². The number of benzene rings is 2. The van der Waals surface area contributed by atoms with E-state index in [1.54, 1.807) is 0 Å². The lowest BCUT2D eigenvalue weighted by Gasteiger charge is -2.27. The normalized spacial score (nSPS) is 13.7. The molecule has 1 saturated heterocycles. The summed E-state index contributed by atoms with van der Waals surface area (Å²) in [5.41, 5.74) is 2.99. The zero-order chi connectivity index (χ0) is 20.8. The number of morpholine rings is 1. The molecule has 2 N–H and O–H groups in total. The predicted molar refractivity (Wildman–Crippen MR) is 118 cm³/mol. The van der Waals surface area contributed by atoms with E-state index in [4.69, 9.17) is 9.47 Å². The van der Waals surface area contributed by atoms with Crippen LogP contribution in [0.4, 0.5) is 29.2 Å². The van der Waals surface area contributed by atoms with Crippen molar-refractivity contribution in [3.8, 4) is 5.75 Å². The van der Waals surface area contributed by atoms with Crippen molar-refractivity contribution in [3.05, 3.63) is 54.1 Å². The number of anilines is 5. The maximum Gasteiger partial charge on any atom is 0.233 e. The molecule has 156 valence electrons. The van der Waals surface area contributed by atoms with Crippen molar-refractivity contribution < 1.29 is 9.47 Å². The number of ether oxygens (including phenoxy) is 2. The maximum atomic E-state index is 5.51. The molecule has 1 fully saturated rings. The van der Waals surface area contributed by atoms with Crippen LogP contribution in [0.15, 0.2) is 48.5 Å². The molecule has 1 aliphatic heterocycles. The molecule has 8 nitrogen and oxygen atoms in total. The average molecular weight is 406 g/mol. The average Bonchev–Trinajstić information content (AvgIpc) is 2.77. The summed E-state index contributed by atoms with van der Waals surface area (Å²) >= 11 is 0. The Morgan fingerprint density at radius 2 is 1.43 bits per heavy atom. The molecule has 30 heavy (non-hydrogen) atoms. The molecule has 0 saturated carbocycles. The molecule has 1 aliphatic rings. The van der Waals surface area contributed by atoms with E-state index in [1.165, 1.54) is 5.56 Å². The van der Waals surface area contributed by atoms with Gasteiger partial charge in [0.1, 0.15) is 5.75 Å².